The van der Waals surface area contributed by atoms with Crippen molar-refractivity contribution in [2.24, 2.45) is 4.99 Å². The van der Waals surface area contributed by atoms with Crippen LogP contribution in [0, 0.1) is 0 Å². The molecule has 3 aromatic rings. The molecule has 1 aliphatic rings. The van der Waals surface area contributed by atoms with Gasteiger partial charge >= 0.3 is 11.9 Å². The Labute approximate surface area is 228 Å². The topological polar surface area (TPSA) is 115 Å². The van der Waals surface area contributed by atoms with E-state index in [0.717, 1.165) is 0 Å². The highest BCUT2D eigenvalue weighted by atomic mass is 32.1. The zero-order chi connectivity index (χ0) is 28.3. The minimum atomic E-state index is -0.805. The van der Waals surface area contributed by atoms with Gasteiger partial charge in [-0.15, -0.1) is 0 Å². The molecule has 0 saturated carbocycles. The number of fused-ring (bicyclic) bond motifs is 1. The van der Waals surface area contributed by atoms with Gasteiger partial charge in [-0.1, -0.05) is 23.5 Å². The van der Waals surface area contributed by atoms with Gasteiger partial charge in [0.2, 0.25) is 0 Å². The normalized spacial score (nSPS) is 14.8. The van der Waals surface area contributed by atoms with E-state index in [-0.39, 0.29) is 16.9 Å². The third kappa shape index (κ3) is 5.44. The SMILES string of the molecule is CCOc1cc(C=c2sc3n(c2=O)C(c2ccc(OC)c(OC)c2)C(C(=O)OC)=C(C)N=3)ccc1OC(C)=O. The minimum absolute atomic E-state index is 0.244. The molecule has 2 heterocycles. The van der Waals surface area contributed by atoms with Crippen LogP contribution in [-0.4, -0.2) is 44.4 Å². The third-order valence-electron chi connectivity index (χ3n) is 5.97. The Morgan fingerprint density at radius 1 is 1.03 bits per heavy atom. The van der Waals surface area contributed by atoms with Crippen LogP contribution in [0.25, 0.3) is 6.08 Å². The molecule has 204 valence electrons. The fraction of sp³-hybridized carbons (Fsp3) is 0.286. The number of nitrogens with zero attached hydrogens (tertiary/aromatic N) is 2. The summed E-state index contributed by atoms with van der Waals surface area (Å²) in [6, 6.07) is 9.43. The fourth-order valence-electron chi connectivity index (χ4n) is 4.30. The predicted octanol–water partition coefficient (Wildman–Crippen LogP) is 2.75. The predicted molar refractivity (Wildman–Crippen MR) is 144 cm³/mol. The van der Waals surface area contributed by atoms with Gasteiger partial charge in [-0.25, -0.2) is 9.79 Å². The van der Waals surface area contributed by atoms with Crippen molar-refractivity contribution in [3.8, 4) is 23.0 Å². The molecule has 1 unspecified atom stereocenters. The van der Waals surface area contributed by atoms with Gasteiger partial charge in [-0.2, -0.15) is 0 Å². The zero-order valence-electron chi connectivity index (χ0n) is 22.4. The number of esters is 2. The summed E-state index contributed by atoms with van der Waals surface area (Å²) >= 11 is 1.19. The van der Waals surface area contributed by atoms with Crippen molar-refractivity contribution in [2.45, 2.75) is 26.8 Å². The fourth-order valence-corrected chi connectivity index (χ4v) is 5.35. The summed E-state index contributed by atoms with van der Waals surface area (Å²) in [5, 5.41) is 0. The molecule has 11 heteroatoms. The molecule has 0 saturated heterocycles. The second-order valence-corrected chi connectivity index (χ2v) is 9.43. The van der Waals surface area contributed by atoms with Gasteiger partial charge in [0, 0.05) is 6.92 Å². The van der Waals surface area contributed by atoms with E-state index in [0.29, 0.717) is 50.0 Å². The van der Waals surface area contributed by atoms with E-state index in [9.17, 15) is 14.4 Å². The molecular weight excluding hydrogens is 524 g/mol. The molecule has 0 radical (unpaired) electrons. The maximum absolute atomic E-state index is 13.8. The molecule has 0 aliphatic carbocycles. The number of carbonyl (C=O) groups is 2. The van der Waals surface area contributed by atoms with Crippen molar-refractivity contribution < 1.29 is 33.3 Å². The van der Waals surface area contributed by atoms with E-state index < -0.39 is 18.0 Å². The van der Waals surface area contributed by atoms with Crippen LogP contribution in [0.1, 0.15) is 37.9 Å². The van der Waals surface area contributed by atoms with Crippen molar-refractivity contribution in [1.29, 1.82) is 0 Å². The lowest BCUT2D eigenvalue weighted by Crippen LogP contribution is -2.39. The van der Waals surface area contributed by atoms with E-state index in [4.69, 9.17) is 23.7 Å². The molecule has 0 N–H and O–H groups in total. The number of benzene rings is 2. The number of carbonyl (C=O) groups excluding carboxylic acids is 2. The Hall–Kier alpha value is -4.38. The lowest BCUT2D eigenvalue weighted by molar-refractivity contribution is -0.136. The number of allylic oxidation sites excluding steroid dienone is 1. The molecule has 0 fully saturated rings. The Morgan fingerprint density at radius 3 is 2.38 bits per heavy atom. The van der Waals surface area contributed by atoms with Crippen LogP contribution in [0.4, 0.5) is 0 Å². The average molecular weight is 553 g/mol. The van der Waals surface area contributed by atoms with Crippen LogP contribution in [-0.2, 0) is 14.3 Å². The minimum Gasteiger partial charge on any atom is -0.493 e. The maximum Gasteiger partial charge on any atom is 0.338 e. The van der Waals surface area contributed by atoms with Crippen LogP contribution in [0.3, 0.4) is 0 Å². The Morgan fingerprint density at radius 2 is 1.74 bits per heavy atom. The molecule has 1 aromatic heterocycles. The lowest BCUT2D eigenvalue weighted by Gasteiger charge is -2.25. The second-order valence-electron chi connectivity index (χ2n) is 8.42. The van der Waals surface area contributed by atoms with Crippen molar-refractivity contribution >= 4 is 29.4 Å². The van der Waals surface area contributed by atoms with E-state index in [2.05, 4.69) is 4.99 Å². The summed E-state index contributed by atoms with van der Waals surface area (Å²) in [7, 11) is 4.33. The molecule has 0 bridgehead atoms. The summed E-state index contributed by atoms with van der Waals surface area (Å²) in [6.07, 6.45) is 1.70. The number of ether oxygens (including phenoxy) is 5. The molecular formula is C28H28N2O8S. The number of aromatic nitrogens is 1. The van der Waals surface area contributed by atoms with Crippen molar-refractivity contribution in [2.75, 3.05) is 27.9 Å². The number of thiazole rings is 1. The Kier molecular flexibility index (Phi) is 8.20. The van der Waals surface area contributed by atoms with Crippen LogP contribution in [0.2, 0.25) is 0 Å². The first kappa shape index (κ1) is 27.6. The van der Waals surface area contributed by atoms with Crippen LogP contribution in [0.15, 0.2) is 57.5 Å². The van der Waals surface area contributed by atoms with E-state index in [1.807, 2.05) is 6.92 Å². The number of hydrogen-bond acceptors (Lipinski definition) is 10. The number of methoxy groups -OCH3 is 3. The summed E-state index contributed by atoms with van der Waals surface area (Å²) in [6.45, 7) is 5.20. The standard InChI is InChI=1S/C28H28N2O8S/c1-7-37-22-12-17(8-10-20(22)38-16(3)31)13-23-26(32)30-25(18-9-11-19(34-4)21(14-18)35-5)24(27(33)36-6)15(2)29-28(30)39-23/h8-14,25H,7H2,1-6H3. The van der Waals surface area contributed by atoms with Crippen LogP contribution >= 0.6 is 11.3 Å². The van der Waals surface area contributed by atoms with Crippen molar-refractivity contribution in [1.82, 2.24) is 4.57 Å². The maximum atomic E-state index is 13.8. The molecule has 10 nitrogen and oxygen atoms in total. The van der Waals surface area contributed by atoms with Gasteiger partial charge in [0.25, 0.3) is 5.56 Å². The van der Waals surface area contributed by atoms with Gasteiger partial charge in [0.1, 0.15) is 0 Å². The molecule has 0 spiro atoms. The van der Waals surface area contributed by atoms with Gasteiger partial charge < -0.3 is 23.7 Å². The first-order valence-corrected chi connectivity index (χ1v) is 12.8. The number of hydrogen-bond donors (Lipinski definition) is 0. The highest BCUT2D eigenvalue weighted by Crippen LogP contribution is 2.36. The second kappa shape index (κ2) is 11.6. The zero-order valence-corrected chi connectivity index (χ0v) is 23.2. The first-order chi connectivity index (χ1) is 18.7. The summed E-state index contributed by atoms with van der Waals surface area (Å²) < 4.78 is 28.6. The van der Waals surface area contributed by atoms with Gasteiger partial charge in [-0.3, -0.25) is 14.2 Å². The lowest BCUT2D eigenvalue weighted by atomic mass is 9.95. The largest absolute Gasteiger partial charge is 0.493 e. The molecule has 1 aliphatic heterocycles. The quantitative estimate of drug-likeness (QED) is 0.310. The molecule has 0 amide bonds. The highest BCUT2D eigenvalue weighted by Gasteiger charge is 2.33. The Bertz CT molecular complexity index is 1650. The van der Waals surface area contributed by atoms with Crippen LogP contribution in [0.5, 0.6) is 23.0 Å². The molecule has 4 rings (SSSR count). The van der Waals surface area contributed by atoms with E-state index in [1.54, 1.807) is 49.4 Å². The molecule has 1 atom stereocenters. The van der Waals surface area contributed by atoms with Gasteiger partial charge in [-0.05, 0) is 55.3 Å². The molecule has 39 heavy (non-hydrogen) atoms. The van der Waals surface area contributed by atoms with Crippen LogP contribution < -0.4 is 33.8 Å². The highest BCUT2D eigenvalue weighted by molar-refractivity contribution is 7.07. The van der Waals surface area contributed by atoms with Crippen molar-refractivity contribution in [3.05, 3.63) is 78.5 Å². The summed E-state index contributed by atoms with van der Waals surface area (Å²) in [5.41, 5.74) is 1.63. The van der Waals surface area contributed by atoms with E-state index in [1.165, 1.54) is 44.2 Å². The van der Waals surface area contributed by atoms with Gasteiger partial charge in [0.05, 0.1) is 49.8 Å². The first-order valence-electron chi connectivity index (χ1n) is 12.0. The number of rotatable bonds is 8. The van der Waals surface area contributed by atoms with E-state index >= 15 is 0 Å². The smallest absolute Gasteiger partial charge is 0.338 e. The monoisotopic (exact) mass is 552 g/mol. The average Bonchev–Trinajstić information content (AvgIpc) is 3.22. The summed E-state index contributed by atoms with van der Waals surface area (Å²) in [5.74, 6) is 0.566. The summed E-state index contributed by atoms with van der Waals surface area (Å²) in [4.78, 5) is 43.2. The van der Waals surface area contributed by atoms with Gasteiger partial charge in [0.15, 0.2) is 27.8 Å². The third-order valence-corrected chi connectivity index (χ3v) is 6.95. The molecule has 2 aromatic carbocycles. The van der Waals surface area contributed by atoms with Crippen molar-refractivity contribution in [3.63, 3.8) is 0 Å². The Balaban J connectivity index is 1.91.